The molecule has 0 saturated carbocycles. The molecule has 0 spiro atoms. The number of aryl methyl sites for hydroxylation is 2. The van der Waals surface area contributed by atoms with Crippen molar-refractivity contribution in [1.82, 2.24) is 15.5 Å². The third-order valence-electron chi connectivity index (χ3n) is 3.72. The number of hydrogen-bond acceptors (Lipinski definition) is 4. The Morgan fingerprint density at radius 2 is 2.00 bits per heavy atom. The number of benzene rings is 1. The predicted octanol–water partition coefficient (Wildman–Crippen LogP) is 3.56. The summed E-state index contributed by atoms with van der Waals surface area (Å²) in [6, 6.07) is 8.19. The lowest BCUT2D eigenvalue weighted by Gasteiger charge is -2.25. The van der Waals surface area contributed by atoms with E-state index in [9.17, 15) is 4.79 Å². The van der Waals surface area contributed by atoms with Crippen LogP contribution in [-0.4, -0.2) is 22.6 Å². The monoisotopic (exact) mass is 379 g/mol. The highest BCUT2D eigenvalue weighted by molar-refractivity contribution is 9.10. The molecule has 0 radical (unpaired) electrons. The largest absolute Gasteiger partial charge is 0.355 e. The number of amides is 1. The molecule has 1 N–H and O–H groups in total. The van der Waals surface area contributed by atoms with Crippen LogP contribution in [0.1, 0.15) is 44.0 Å². The second-order valence-corrected chi connectivity index (χ2v) is 7.17. The minimum Gasteiger partial charge on any atom is -0.355 e. The van der Waals surface area contributed by atoms with Crippen LogP contribution in [0.3, 0.4) is 0 Å². The second-order valence-electron chi connectivity index (χ2n) is 6.26. The van der Waals surface area contributed by atoms with Gasteiger partial charge in [0.05, 0.1) is 0 Å². The van der Waals surface area contributed by atoms with Gasteiger partial charge < -0.3 is 9.84 Å². The number of nitrogens with one attached hydrogen (secondary N) is 1. The van der Waals surface area contributed by atoms with E-state index < -0.39 is 0 Å². The summed E-state index contributed by atoms with van der Waals surface area (Å²) < 4.78 is 6.08. The van der Waals surface area contributed by atoms with Gasteiger partial charge in [-0.3, -0.25) is 4.79 Å². The van der Waals surface area contributed by atoms with Crippen molar-refractivity contribution in [2.75, 3.05) is 6.54 Å². The maximum Gasteiger partial charge on any atom is 0.226 e. The minimum atomic E-state index is -0.111. The first-order chi connectivity index (χ1) is 10.9. The fraction of sp³-hybridized carbons (Fsp3) is 0.471. The molecule has 23 heavy (non-hydrogen) atoms. The van der Waals surface area contributed by atoms with E-state index in [4.69, 9.17) is 4.52 Å². The molecule has 0 aliphatic rings. The van der Waals surface area contributed by atoms with Crippen molar-refractivity contribution in [3.63, 3.8) is 0 Å². The fourth-order valence-corrected chi connectivity index (χ4v) is 2.52. The van der Waals surface area contributed by atoms with Crippen molar-refractivity contribution >= 4 is 21.8 Å². The highest BCUT2D eigenvalue weighted by Crippen LogP contribution is 2.24. The molecule has 2 rings (SSSR count). The summed E-state index contributed by atoms with van der Waals surface area (Å²) in [4.78, 5) is 16.1. The molecule has 1 heterocycles. The van der Waals surface area contributed by atoms with Crippen LogP contribution in [0.2, 0.25) is 0 Å². The highest BCUT2D eigenvalue weighted by Gasteiger charge is 2.21. The summed E-state index contributed by atoms with van der Waals surface area (Å²) in [6.07, 6.45) is 1.79. The topological polar surface area (TPSA) is 68.0 Å². The average Bonchev–Trinajstić information content (AvgIpc) is 2.91. The second kappa shape index (κ2) is 7.73. The molecule has 2 aromatic rings. The Bertz CT molecular complexity index is 650. The minimum absolute atomic E-state index is 0.0476. The van der Waals surface area contributed by atoms with E-state index >= 15 is 0 Å². The Morgan fingerprint density at radius 3 is 2.61 bits per heavy atom. The molecular weight excluding hydrogens is 358 g/mol. The lowest BCUT2D eigenvalue weighted by atomic mass is 9.84. The van der Waals surface area contributed by atoms with Gasteiger partial charge in [-0.2, -0.15) is 4.98 Å². The highest BCUT2D eigenvalue weighted by atomic mass is 79.9. The number of halogens is 1. The maximum atomic E-state index is 12.0. The van der Waals surface area contributed by atoms with E-state index in [1.54, 1.807) is 6.92 Å². The molecule has 6 heteroatoms. The Labute approximate surface area is 145 Å². The quantitative estimate of drug-likeness (QED) is 0.798. The third-order valence-corrected chi connectivity index (χ3v) is 4.25. The number of rotatable bonds is 7. The number of hydrogen-bond donors (Lipinski definition) is 1. The molecule has 1 aromatic carbocycles. The van der Waals surface area contributed by atoms with E-state index in [0.29, 0.717) is 37.5 Å². The van der Waals surface area contributed by atoms with Crippen LogP contribution in [-0.2, 0) is 16.6 Å². The van der Waals surface area contributed by atoms with Gasteiger partial charge in [0.1, 0.15) is 0 Å². The molecule has 0 fully saturated rings. The van der Waals surface area contributed by atoms with Gasteiger partial charge in [0, 0.05) is 29.3 Å². The fourth-order valence-electron chi connectivity index (χ4n) is 2.25. The molecule has 1 amide bonds. The van der Waals surface area contributed by atoms with Crippen molar-refractivity contribution in [2.45, 2.75) is 45.4 Å². The Kier molecular flexibility index (Phi) is 5.93. The van der Waals surface area contributed by atoms with Crippen LogP contribution in [0, 0.1) is 6.92 Å². The molecule has 124 valence electrons. The van der Waals surface area contributed by atoms with Crippen LogP contribution in [0.4, 0.5) is 0 Å². The summed E-state index contributed by atoms with van der Waals surface area (Å²) in [6.45, 7) is 6.63. The first kappa shape index (κ1) is 17.7. The first-order valence-electron chi connectivity index (χ1n) is 7.69. The van der Waals surface area contributed by atoms with E-state index in [0.717, 1.165) is 4.47 Å². The predicted molar refractivity (Wildman–Crippen MR) is 92.2 cm³/mol. The number of nitrogens with zero attached hydrogens (tertiary/aromatic N) is 2. The van der Waals surface area contributed by atoms with Gasteiger partial charge in [0.2, 0.25) is 11.8 Å². The lowest BCUT2D eigenvalue weighted by Crippen LogP contribution is -2.36. The lowest BCUT2D eigenvalue weighted by molar-refractivity contribution is -0.121. The summed E-state index contributed by atoms with van der Waals surface area (Å²) in [5.41, 5.74) is 1.09. The van der Waals surface area contributed by atoms with E-state index in [2.05, 4.69) is 57.4 Å². The van der Waals surface area contributed by atoms with Gasteiger partial charge in [0.25, 0.3) is 0 Å². The van der Waals surface area contributed by atoms with Gasteiger partial charge in [-0.15, -0.1) is 0 Å². The average molecular weight is 380 g/mol. The van der Waals surface area contributed by atoms with Crippen molar-refractivity contribution in [2.24, 2.45) is 0 Å². The summed E-state index contributed by atoms with van der Waals surface area (Å²) in [5, 5.41) is 6.74. The normalized spacial score (nSPS) is 11.5. The van der Waals surface area contributed by atoms with Crippen molar-refractivity contribution in [3.8, 4) is 0 Å². The summed E-state index contributed by atoms with van der Waals surface area (Å²) in [5.74, 6) is 1.26. The van der Waals surface area contributed by atoms with E-state index in [1.165, 1.54) is 5.56 Å². The van der Waals surface area contributed by atoms with Crippen molar-refractivity contribution in [3.05, 3.63) is 46.0 Å². The first-order valence-corrected chi connectivity index (χ1v) is 8.48. The van der Waals surface area contributed by atoms with Crippen LogP contribution in [0.25, 0.3) is 0 Å². The van der Waals surface area contributed by atoms with E-state index in [-0.39, 0.29) is 11.3 Å². The maximum absolute atomic E-state index is 12.0. The van der Waals surface area contributed by atoms with E-state index in [1.807, 2.05) is 12.1 Å². The number of aromatic nitrogens is 2. The van der Waals surface area contributed by atoms with Gasteiger partial charge in [-0.25, -0.2) is 0 Å². The molecule has 0 aliphatic heterocycles. The van der Waals surface area contributed by atoms with Gasteiger partial charge in [-0.05, 0) is 31.0 Å². The van der Waals surface area contributed by atoms with Crippen LogP contribution < -0.4 is 5.32 Å². The molecule has 0 unspecified atom stereocenters. The molecule has 0 bridgehead atoms. The Balaban J connectivity index is 1.75. The Morgan fingerprint density at radius 1 is 1.30 bits per heavy atom. The standard InChI is InChI=1S/C17H22BrN3O2/c1-12-20-16(23-21-12)6-4-5-15(22)19-11-17(2,3)13-7-9-14(18)10-8-13/h7-10H,4-6,11H2,1-3H3,(H,19,22). The molecule has 5 nitrogen and oxygen atoms in total. The van der Waals surface area contributed by atoms with Crippen LogP contribution in [0.15, 0.2) is 33.3 Å². The molecule has 0 atom stereocenters. The molecule has 0 saturated heterocycles. The SMILES string of the molecule is Cc1noc(CCCC(=O)NCC(C)(C)c2ccc(Br)cc2)n1. The van der Waals surface area contributed by atoms with Crippen molar-refractivity contribution < 1.29 is 9.32 Å². The molecule has 0 aliphatic carbocycles. The zero-order chi connectivity index (χ0) is 16.9. The zero-order valence-corrected chi connectivity index (χ0v) is 15.3. The van der Waals surface area contributed by atoms with Gasteiger partial charge >= 0.3 is 0 Å². The van der Waals surface area contributed by atoms with Crippen molar-refractivity contribution in [1.29, 1.82) is 0 Å². The molecular formula is C17H22BrN3O2. The number of carbonyl (C=O) groups excluding carboxylic acids is 1. The third kappa shape index (κ3) is 5.46. The Hall–Kier alpha value is -1.69. The summed E-state index contributed by atoms with van der Waals surface area (Å²) in [7, 11) is 0. The molecule has 1 aromatic heterocycles. The zero-order valence-electron chi connectivity index (χ0n) is 13.7. The van der Waals surface area contributed by atoms with Crippen LogP contribution in [0.5, 0.6) is 0 Å². The number of carbonyl (C=O) groups is 1. The van der Waals surface area contributed by atoms with Gasteiger partial charge in [-0.1, -0.05) is 47.1 Å². The van der Waals surface area contributed by atoms with Crippen LogP contribution >= 0.6 is 15.9 Å². The summed E-state index contributed by atoms with van der Waals surface area (Å²) >= 11 is 3.44. The van der Waals surface area contributed by atoms with Gasteiger partial charge in [0.15, 0.2) is 5.82 Å². The smallest absolute Gasteiger partial charge is 0.226 e.